The number of hydrogen-bond donors (Lipinski definition) is 0. The molecule has 1 aliphatic rings. The van der Waals surface area contributed by atoms with Gasteiger partial charge in [0, 0.05) is 12.0 Å². The Labute approximate surface area is 104 Å². The minimum absolute atomic E-state index is 0.639. The molecule has 0 amide bonds. The standard InChI is InChI=1S/C14H22NO2/c1-10-6-11-7-13(16-4)14(17-5)8-12(11)9-15(10,2)3/h7-8,10H,6,9H2,1-5H3/q+1. The predicted molar refractivity (Wildman–Crippen MR) is 68.5 cm³/mol. The zero-order valence-electron chi connectivity index (χ0n) is 11.4. The number of nitrogens with zero attached hydrogens (tertiary/aromatic N) is 1. The maximum atomic E-state index is 5.37. The predicted octanol–water partition coefficient (Wildman–Crippen LogP) is 2.22. The third-order valence-corrected chi connectivity index (χ3v) is 3.99. The Kier molecular flexibility index (Phi) is 3.04. The van der Waals surface area contributed by atoms with Crippen molar-refractivity contribution in [1.82, 2.24) is 0 Å². The summed E-state index contributed by atoms with van der Waals surface area (Å²) in [5.41, 5.74) is 2.78. The van der Waals surface area contributed by atoms with Crippen molar-refractivity contribution in [2.45, 2.75) is 25.9 Å². The van der Waals surface area contributed by atoms with E-state index in [4.69, 9.17) is 9.47 Å². The second-order valence-electron chi connectivity index (χ2n) is 5.47. The highest BCUT2D eigenvalue weighted by atomic mass is 16.5. The van der Waals surface area contributed by atoms with Crippen LogP contribution in [0.4, 0.5) is 0 Å². The molecule has 1 atom stereocenters. The fraction of sp³-hybridized carbons (Fsp3) is 0.571. The normalized spacial score (nSPS) is 21.8. The van der Waals surface area contributed by atoms with E-state index in [1.54, 1.807) is 14.2 Å². The maximum Gasteiger partial charge on any atom is 0.161 e. The fourth-order valence-corrected chi connectivity index (χ4v) is 2.46. The van der Waals surface area contributed by atoms with Gasteiger partial charge in [-0.15, -0.1) is 0 Å². The topological polar surface area (TPSA) is 18.5 Å². The van der Waals surface area contributed by atoms with Crippen LogP contribution in [0.5, 0.6) is 11.5 Å². The van der Waals surface area contributed by atoms with E-state index in [1.165, 1.54) is 11.1 Å². The Balaban J connectivity index is 2.45. The molecule has 0 saturated carbocycles. The monoisotopic (exact) mass is 236 g/mol. The molecule has 0 spiro atoms. The van der Waals surface area contributed by atoms with Crippen molar-refractivity contribution >= 4 is 0 Å². The van der Waals surface area contributed by atoms with Gasteiger partial charge < -0.3 is 14.0 Å². The number of rotatable bonds is 2. The Hall–Kier alpha value is -1.22. The van der Waals surface area contributed by atoms with Crippen LogP contribution < -0.4 is 9.47 Å². The molecule has 0 aliphatic carbocycles. The lowest BCUT2D eigenvalue weighted by molar-refractivity contribution is -0.928. The van der Waals surface area contributed by atoms with Gasteiger partial charge in [0.05, 0.1) is 34.4 Å². The maximum absolute atomic E-state index is 5.37. The molecule has 1 heterocycles. The molecule has 94 valence electrons. The molecule has 1 aromatic rings. The van der Waals surface area contributed by atoms with Crippen molar-refractivity contribution in [1.29, 1.82) is 0 Å². The summed E-state index contributed by atoms with van der Waals surface area (Å²) >= 11 is 0. The second-order valence-corrected chi connectivity index (χ2v) is 5.47. The third-order valence-electron chi connectivity index (χ3n) is 3.99. The number of benzene rings is 1. The Morgan fingerprint density at radius 1 is 1.06 bits per heavy atom. The second kappa shape index (κ2) is 4.22. The van der Waals surface area contributed by atoms with Gasteiger partial charge in [-0.3, -0.25) is 0 Å². The summed E-state index contributed by atoms with van der Waals surface area (Å²) in [4.78, 5) is 0. The molecule has 0 bridgehead atoms. The molecular weight excluding hydrogens is 214 g/mol. The molecule has 1 aliphatic heterocycles. The molecular formula is C14H22NO2+. The van der Waals surface area contributed by atoms with Gasteiger partial charge in [0.25, 0.3) is 0 Å². The van der Waals surface area contributed by atoms with Crippen molar-refractivity contribution < 1.29 is 14.0 Å². The van der Waals surface area contributed by atoms with E-state index >= 15 is 0 Å². The highest BCUT2D eigenvalue weighted by Gasteiger charge is 2.32. The van der Waals surface area contributed by atoms with E-state index in [-0.39, 0.29) is 0 Å². The first kappa shape index (κ1) is 12.2. The van der Waals surface area contributed by atoms with E-state index in [0.717, 1.165) is 28.9 Å². The van der Waals surface area contributed by atoms with Gasteiger partial charge in [-0.2, -0.15) is 0 Å². The lowest BCUT2D eigenvalue weighted by atomic mass is 9.93. The fourth-order valence-electron chi connectivity index (χ4n) is 2.46. The average Bonchev–Trinajstić information content (AvgIpc) is 2.28. The highest BCUT2D eigenvalue weighted by Crippen LogP contribution is 2.35. The van der Waals surface area contributed by atoms with Gasteiger partial charge in [0.2, 0.25) is 0 Å². The smallest absolute Gasteiger partial charge is 0.161 e. The minimum Gasteiger partial charge on any atom is -0.493 e. The van der Waals surface area contributed by atoms with Crippen molar-refractivity contribution in [2.75, 3.05) is 28.3 Å². The summed E-state index contributed by atoms with van der Waals surface area (Å²) in [6.07, 6.45) is 1.10. The zero-order chi connectivity index (χ0) is 12.6. The molecule has 0 N–H and O–H groups in total. The van der Waals surface area contributed by atoms with Crippen molar-refractivity contribution in [3.8, 4) is 11.5 Å². The van der Waals surface area contributed by atoms with Gasteiger partial charge in [-0.1, -0.05) is 0 Å². The van der Waals surface area contributed by atoms with Crippen LogP contribution in [0.25, 0.3) is 0 Å². The lowest BCUT2D eigenvalue weighted by Crippen LogP contribution is -2.50. The number of hydrogen-bond acceptors (Lipinski definition) is 2. The van der Waals surface area contributed by atoms with Gasteiger partial charge in [-0.25, -0.2) is 0 Å². The summed E-state index contributed by atoms with van der Waals surface area (Å²) in [7, 11) is 7.95. The summed E-state index contributed by atoms with van der Waals surface area (Å²) in [6.45, 7) is 3.36. The van der Waals surface area contributed by atoms with Crippen LogP contribution in [-0.4, -0.2) is 38.8 Å². The quantitative estimate of drug-likeness (QED) is 0.733. The van der Waals surface area contributed by atoms with Crippen molar-refractivity contribution in [2.24, 2.45) is 0 Å². The van der Waals surface area contributed by atoms with Gasteiger partial charge in [-0.05, 0) is 24.6 Å². The number of ether oxygens (including phenoxy) is 2. The number of fused-ring (bicyclic) bond motifs is 1. The summed E-state index contributed by atoms with van der Waals surface area (Å²) < 4.78 is 11.8. The van der Waals surface area contributed by atoms with E-state index in [2.05, 4.69) is 33.2 Å². The van der Waals surface area contributed by atoms with Crippen LogP contribution in [0.1, 0.15) is 18.1 Å². The van der Waals surface area contributed by atoms with Crippen LogP contribution in [0.2, 0.25) is 0 Å². The number of quaternary nitrogens is 1. The first-order chi connectivity index (χ1) is 7.97. The zero-order valence-corrected chi connectivity index (χ0v) is 11.4. The largest absolute Gasteiger partial charge is 0.493 e. The van der Waals surface area contributed by atoms with Crippen LogP contribution in [0.15, 0.2) is 12.1 Å². The third kappa shape index (κ3) is 2.12. The highest BCUT2D eigenvalue weighted by molar-refractivity contribution is 5.48. The van der Waals surface area contributed by atoms with Crippen LogP contribution in [0.3, 0.4) is 0 Å². The number of likely N-dealkylation sites (N-methyl/N-ethyl adjacent to an activating group) is 1. The Bertz CT molecular complexity index is 426. The van der Waals surface area contributed by atoms with E-state index < -0.39 is 0 Å². The van der Waals surface area contributed by atoms with Crippen LogP contribution in [0, 0.1) is 0 Å². The summed E-state index contributed by atoms with van der Waals surface area (Å²) in [6, 6.07) is 4.89. The van der Waals surface area contributed by atoms with Crippen molar-refractivity contribution in [3.63, 3.8) is 0 Å². The lowest BCUT2D eigenvalue weighted by Gasteiger charge is -2.40. The van der Waals surface area contributed by atoms with Gasteiger partial charge >= 0.3 is 0 Å². The molecule has 17 heavy (non-hydrogen) atoms. The molecule has 1 unspecified atom stereocenters. The van der Waals surface area contributed by atoms with E-state index in [1.807, 2.05) is 0 Å². The molecule has 0 aromatic heterocycles. The molecule has 0 radical (unpaired) electrons. The molecule has 0 saturated heterocycles. The minimum atomic E-state index is 0.639. The van der Waals surface area contributed by atoms with Crippen LogP contribution >= 0.6 is 0 Å². The first-order valence-electron chi connectivity index (χ1n) is 6.04. The van der Waals surface area contributed by atoms with E-state index in [9.17, 15) is 0 Å². The van der Waals surface area contributed by atoms with Crippen molar-refractivity contribution in [3.05, 3.63) is 23.3 Å². The molecule has 3 heteroatoms. The first-order valence-corrected chi connectivity index (χ1v) is 6.04. The molecule has 3 nitrogen and oxygen atoms in total. The van der Waals surface area contributed by atoms with E-state index in [0.29, 0.717) is 6.04 Å². The van der Waals surface area contributed by atoms with Gasteiger partial charge in [0.1, 0.15) is 6.54 Å². The SMILES string of the molecule is COc1cc2c(cc1OC)C[N+](C)(C)C(C)C2. The molecule has 1 aromatic carbocycles. The van der Waals surface area contributed by atoms with Crippen LogP contribution in [-0.2, 0) is 13.0 Å². The summed E-state index contributed by atoms with van der Waals surface area (Å²) in [5.74, 6) is 1.67. The Morgan fingerprint density at radius 2 is 1.59 bits per heavy atom. The Morgan fingerprint density at radius 3 is 2.12 bits per heavy atom. The van der Waals surface area contributed by atoms with Gasteiger partial charge in [0.15, 0.2) is 11.5 Å². The molecule has 0 fully saturated rings. The number of methoxy groups -OCH3 is 2. The average molecular weight is 236 g/mol. The molecule has 2 rings (SSSR count). The summed E-state index contributed by atoms with van der Waals surface area (Å²) in [5, 5.41) is 0.